The van der Waals surface area contributed by atoms with E-state index >= 15 is 0 Å². The molecule has 0 saturated heterocycles. The highest BCUT2D eigenvalue weighted by Crippen LogP contribution is 2.33. The Hall–Kier alpha value is -2.64. The fourth-order valence-corrected chi connectivity index (χ4v) is 2.16. The maximum atomic E-state index is 13.5. The Bertz CT molecular complexity index is 842. The maximum Gasteiger partial charge on any atom is 0.573 e. The van der Waals surface area contributed by atoms with Crippen molar-refractivity contribution in [2.75, 3.05) is 0 Å². The van der Waals surface area contributed by atoms with E-state index in [1.165, 1.54) is 10.7 Å². The topological polar surface area (TPSA) is 39.9 Å². The molecule has 2 aromatic carbocycles. The molecule has 3 rings (SSSR count). The molecule has 0 saturated carbocycles. The number of rotatable bonds is 2. The molecule has 1 aromatic heterocycles. The van der Waals surface area contributed by atoms with E-state index in [1.807, 2.05) is 0 Å². The molecular formula is C14H9F4N3O. The van der Waals surface area contributed by atoms with Crippen LogP contribution in [-0.2, 0) is 7.05 Å². The van der Waals surface area contributed by atoms with Gasteiger partial charge in [-0.1, -0.05) is 23.4 Å². The molecule has 114 valence electrons. The number of nitrogens with zero attached hydrogens (tertiary/aromatic N) is 3. The van der Waals surface area contributed by atoms with Crippen molar-refractivity contribution in [3.05, 3.63) is 42.2 Å². The number of ether oxygens (including phenoxy) is 1. The van der Waals surface area contributed by atoms with Gasteiger partial charge in [-0.3, -0.25) is 0 Å². The van der Waals surface area contributed by atoms with Crippen LogP contribution in [0.3, 0.4) is 0 Å². The van der Waals surface area contributed by atoms with Crippen molar-refractivity contribution >= 4 is 11.0 Å². The molecule has 0 atom stereocenters. The van der Waals surface area contributed by atoms with E-state index in [9.17, 15) is 17.6 Å². The lowest BCUT2D eigenvalue weighted by atomic mass is 10.0. The Morgan fingerprint density at radius 3 is 2.64 bits per heavy atom. The lowest BCUT2D eigenvalue weighted by molar-refractivity contribution is -0.275. The summed E-state index contributed by atoms with van der Waals surface area (Å²) < 4.78 is 55.6. The zero-order chi connectivity index (χ0) is 15.9. The van der Waals surface area contributed by atoms with Crippen LogP contribution in [0.4, 0.5) is 17.6 Å². The SMILES string of the molecule is Cn1nnc2c(-c3ccc(F)c(OC(F)(F)F)c3)cccc21. The third-order valence-electron chi connectivity index (χ3n) is 3.11. The molecule has 0 unspecified atom stereocenters. The molecule has 0 amide bonds. The third-order valence-corrected chi connectivity index (χ3v) is 3.11. The van der Waals surface area contributed by atoms with Gasteiger partial charge in [0, 0.05) is 12.6 Å². The number of aryl methyl sites for hydroxylation is 1. The third kappa shape index (κ3) is 2.59. The van der Waals surface area contributed by atoms with Gasteiger partial charge in [0.25, 0.3) is 0 Å². The Balaban J connectivity index is 2.13. The van der Waals surface area contributed by atoms with Crippen LogP contribution in [0.2, 0.25) is 0 Å². The Kier molecular flexibility index (Phi) is 3.23. The zero-order valence-electron chi connectivity index (χ0n) is 11.2. The number of hydrogen-bond acceptors (Lipinski definition) is 3. The number of halogens is 4. The predicted molar refractivity (Wildman–Crippen MR) is 70.6 cm³/mol. The normalized spacial score (nSPS) is 11.9. The van der Waals surface area contributed by atoms with Gasteiger partial charge in [0.2, 0.25) is 0 Å². The van der Waals surface area contributed by atoms with Crippen molar-refractivity contribution in [1.82, 2.24) is 15.0 Å². The first-order valence-corrected chi connectivity index (χ1v) is 6.19. The highest BCUT2D eigenvalue weighted by Gasteiger charge is 2.32. The zero-order valence-corrected chi connectivity index (χ0v) is 11.2. The van der Waals surface area contributed by atoms with Crippen LogP contribution in [-0.4, -0.2) is 21.4 Å². The summed E-state index contributed by atoms with van der Waals surface area (Å²) in [6, 6.07) is 8.44. The molecule has 0 bridgehead atoms. The Morgan fingerprint density at radius 2 is 1.91 bits per heavy atom. The molecule has 0 aliphatic rings. The van der Waals surface area contributed by atoms with E-state index in [2.05, 4.69) is 15.0 Å². The molecule has 1 heterocycles. The van der Waals surface area contributed by atoms with Crippen LogP contribution in [0.25, 0.3) is 22.2 Å². The largest absolute Gasteiger partial charge is 0.573 e. The second-order valence-corrected chi connectivity index (χ2v) is 4.58. The van der Waals surface area contributed by atoms with Crippen LogP contribution in [0.15, 0.2) is 36.4 Å². The number of aromatic nitrogens is 3. The van der Waals surface area contributed by atoms with E-state index in [0.29, 0.717) is 22.2 Å². The molecule has 0 radical (unpaired) electrons. The Morgan fingerprint density at radius 1 is 1.14 bits per heavy atom. The van der Waals surface area contributed by atoms with Gasteiger partial charge in [-0.15, -0.1) is 18.3 Å². The highest BCUT2D eigenvalue weighted by atomic mass is 19.4. The minimum atomic E-state index is -4.96. The van der Waals surface area contributed by atoms with Gasteiger partial charge >= 0.3 is 6.36 Å². The average molecular weight is 311 g/mol. The van der Waals surface area contributed by atoms with Gasteiger partial charge in [-0.25, -0.2) is 9.07 Å². The molecular weight excluding hydrogens is 302 g/mol. The molecule has 0 aliphatic carbocycles. The minimum absolute atomic E-state index is 0.353. The van der Waals surface area contributed by atoms with Crippen molar-refractivity contribution in [2.24, 2.45) is 7.05 Å². The smallest absolute Gasteiger partial charge is 0.403 e. The first-order chi connectivity index (χ1) is 10.3. The quantitative estimate of drug-likeness (QED) is 0.678. The van der Waals surface area contributed by atoms with Crippen molar-refractivity contribution in [3.63, 3.8) is 0 Å². The second-order valence-electron chi connectivity index (χ2n) is 4.58. The summed E-state index contributed by atoms with van der Waals surface area (Å²) in [6.07, 6.45) is -4.96. The average Bonchev–Trinajstić information content (AvgIpc) is 2.82. The summed E-state index contributed by atoms with van der Waals surface area (Å²) in [5.74, 6) is -1.97. The van der Waals surface area contributed by atoms with Gasteiger partial charge in [0.15, 0.2) is 11.6 Å². The summed E-state index contributed by atoms with van der Waals surface area (Å²) in [5.41, 5.74) is 2.11. The molecule has 0 spiro atoms. The maximum absolute atomic E-state index is 13.5. The lowest BCUT2D eigenvalue weighted by Crippen LogP contribution is -2.18. The monoisotopic (exact) mass is 311 g/mol. The summed E-state index contributed by atoms with van der Waals surface area (Å²) >= 11 is 0. The van der Waals surface area contributed by atoms with E-state index in [0.717, 1.165) is 12.1 Å². The number of benzene rings is 2. The molecule has 0 N–H and O–H groups in total. The number of hydrogen-bond donors (Lipinski definition) is 0. The van der Waals surface area contributed by atoms with E-state index < -0.39 is 17.9 Å². The molecule has 0 aliphatic heterocycles. The van der Waals surface area contributed by atoms with Gasteiger partial charge in [0.05, 0.1) is 5.52 Å². The summed E-state index contributed by atoms with van der Waals surface area (Å²) in [4.78, 5) is 0. The van der Waals surface area contributed by atoms with Crippen LogP contribution >= 0.6 is 0 Å². The van der Waals surface area contributed by atoms with Gasteiger partial charge in [-0.05, 0) is 23.8 Å². The first-order valence-electron chi connectivity index (χ1n) is 6.19. The molecule has 3 aromatic rings. The predicted octanol–water partition coefficient (Wildman–Crippen LogP) is 3.67. The van der Waals surface area contributed by atoms with E-state index in [-0.39, 0.29) is 0 Å². The fourth-order valence-electron chi connectivity index (χ4n) is 2.16. The van der Waals surface area contributed by atoms with Crippen LogP contribution in [0, 0.1) is 5.82 Å². The fraction of sp³-hybridized carbons (Fsp3) is 0.143. The first kappa shape index (κ1) is 14.3. The minimum Gasteiger partial charge on any atom is -0.403 e. The van der Waals surface area contributed by atoms with Crippen molar-refractivity contribution in [2.45, 2.75) is 6.36 Å². The van der Waals surface area contributed by atoms with Crippen molar-refractivity contribution in [3.8, 4) is 16.9 Å². The van der Waals surface area contributed by atoms with Crippen LogP contribution in [0.1, 0.15) is 0 Å². The van der Waals surface area contributed by atoms with E-state index in [1.54, 1.807) is 25.2 Å². The van der Waals surface area contributed by atoms with Crippen LogP contribution < -0.4 is 4.74 Å². The highest BCUT2D eigenvalue weighted by molar-refractivity contribution is 5.91. The summed E-state index contributed by atoms with van der Waals surface area (Å²) in [7, 11) is 1.70. The van der Waals surface area contributed by atoms with Crippen LogP contribution in [0.5, 0.6) is 5.75 Å². The van der Waals surface area contributed by atoms with Crippen molar-refractivity contribution < 1.29 is 22.3 Å². The van der Waals surface area contributed by atoms with Crippen molar-refractivity contribution in [1.29, 1.82) is 0 Å². The molecule has 22 heavy (non-hydrogen) atoms. The summed E-state index contributed by atoms with van der Waals surface area (Å²) in [6.45, 7) is 0. The lowest BCUT2D eigenvalue weighted by Gasteiger charge is -2.11. The summed E-state index contributed by atoms with van der Waals surface area (Å²) in [5, 5.41) is 7.84. The standard InChI is InChI=1S/C14H9F4N3O/c1-21-11-4-2-3-9(13(11)19-20-21)8-5-6-10(15)12(7-8)22-14(16,17)18/h2-7H,1H3. The second kappa shape index (κ2) is 4.97. The number of alkyl halides is 3. The number of fused-ring (bicyclic) bond motifs is 1. The van der Waals surface area contributed by atoms with Gasteiger partial charge < -0.3 is 4.74 Å². The van der Waals surface area contributed by atoms with Gasteiger partial charge in [-0.2, -0.15) is 0 Å². The molecule has 4 nitrogen and oxygen atoms in total. The van der Waals surface area contributed by atoms with E-state index in [4.69, 9.17) is 0 Å². The molecule has 0 fully saturated rings. The van der Waals surface area contributed by atoms with Gasteiger partial charge in [0.1, 0.15) is 5.52 Å². The Labute approximate surface area is 121 Å². The molecule has 8 heteroatoms.